The molecule has 0 fully saturated rings. The van der Waals surface area contributed by atoms with Crippen LogP contribution in [0.5, 0.6) is 0 Å². The zero-order chi connectivity index (χ0) is 21.8. The van der Waals surface area contributed by atoms with Crippen LogP contribution in [0.25, 0.3) is 60.3 Å². The maximum Gasteiger partial charge on any atom is 0.0781 e. The van der Waals surface area contributed by atoms with E-state index in [9.17, 15) is 0 Å². The molecule has 154 valence electrons. The van der Waals surface area contributed by atoms with E-state index in [0.717, 1.165) is 16.9 Å². The van der Waals surface area contributed by atoms with E-state index >= 15 is 0 Å². The number of nitrogens with zero attached hydrogens (tertiary/aromatic N) is 2. The molecular weight excluding hydrogens is 400 g/mol. The van der Waals surface area contributed by atoms with Crippen LogP contribution in [-0.4, -0.2) is 9.55 Å². The van der Waals surface area contributed by atoms with Crippen molar-refractivity contribution in [2.75, 3.05) is 0 Å². The van der Waals surface area contributed by atoms with Crippen LogP contribution in [0.1, 0.15) is 0 Å². The van der Waals surface area contributed by atoms with Gasteiger partial charge in [-0.2, -0.15) is 0 Å². The van der Waals surface area contributed by atoms with E-state index in [1.807, 2.05) is 6.20 Å². The fourth-order valence-electron chi connectivity index (χ4n) is 5.16. The molecule has 0 unspecified atom stereocenters. The summed E-state index contributed by atoms with van der Waals surface area (Å²) in [6.07, 6.45) is 1.90. The molecule has 0 amide bonds. The molecule has 0 spiro atoms. The quantitative estimate of drug-likeness (QED) is 0.276. The Morgan fingerprint density at radius 3 is 2.12 bits per heavy atom. The molecular formula is C31H20N2. The van der Waals surface area contributed by atoms with Crippen molar-refractivity contribution in [1.82, 2.24) is 9.55 Å². The van der Waals surface area contributed by atoms with E-state index in [4.69, 9.17) is 4.98 Å². The van der Waals surface area contributed by atoms with Gasteiger partial charge in [-0.15, -0.1) is 0 Å². The Bertz CT molecular complexity index is 1820. The van der Waals surface area contributed by atoms with Gasteiger partial charge in [0.05, 0.1) is 16.7 Å². The first-order chi connectivity index (χ1) is 16.4. The summed E-state index contributed by atoms with van der Waals surface area (Å²) in [6.45, 7) is 0. The molecule has 7 aromatic rings. The molecule has 0 N–H and O–H groups in total. The highest BCUT2D eigenvalue weighted by molar-refractivity contribution is 6.21. The molecule has 0 aliphatic heterocycles. The van der Waals surface area contributed by atoms with Gasteiger partial charge >= 0.3 is 0 Å². The van der Waals surface area contributed by atoms with Gasteiger partial charge in [0.2, 0.25) is 0 Å². The minimum absolute atomic E-state index is 1.01. The molecule has 0 saturated heterocycles. The second kappa shape index (κ2) is 7.04. The Morgan fingerprint density at radius 2 is 1.24 bits per heavy atom. The number of aromatic nitrogens is 2. The Kier molecular flexibility index (Phi) is 3.88. The van der Waals surface area contributed by atoms with E-state index in [2.05, 4.69) is 120 Å². The molecule has 33 heavy (non-hydrogen) atoms. The Balaban J connectivity index is 1.55. The molecule has 0 aliphatic carbocycles. The highest BCUT2D eigenvalue weighted by Crippen LogP contribution is 2.37. The lowest BCUT2D eigenvalue weighted by Crippen LogP contribution is -1.95. The van der Waals surface area contributed by atoms with Crippen LogP contribution in [0, 0.1) is 0 Å². The highest BCUT2D eigenvalue weighted by Gasteiger charge is 2.15. The maximum absolute atomic E-state index is 4.76. The first-order valence-electron chi connectivity index (χ1n) is 11.2. The van der Waals surface area contributed by atoms with Gasteiger partial charge in [-0.25, -0.2) is 0 Å². The van der Waals surface area contributed by atoms with Crippen molar-refractivity contribution in [2.45, 2.75) is 0 Å². The van der Waals surface area contributed by atoms with Crippen LogP contribution >= 0.6 is 0 Å². The van der Waals surface area contributed by atoms with Gasteiger partial charge in [0.25, 0.3) is 0 Å². The second-order valence-corrected chi connectivity index (χ2v) is 8.46. The summed E-state index contributed by atoms with van der Waals surface area (Å²) in [5.41, 5.74) is 5.71. The van der Waals surface area contributed by atoms with E-state index in [-0.39, 0.29) is 0 Å². The van der Waals surface area contributed by atoms with Crippen molar-refractivity contribution in [3.63, 3.8) is 0 Å². The average Bonchev–Trinajstić information content (AvgIpc) is 3.23. The van der Waals surface area contributed by atoms with Gasteiger partial charge in [-0.05, 0) is 46.5 Å². The summed E-state index contributed by atoms with van der Waals surface area (Å²) in [5, 5.41) is 7.51. The molecule has 0 aliphatic rings. The lowest BCUT2D eigenvalue weighted by atomic mass is 10.0. The summed E-state index contributed by atoms with van der Waals surface area (Å²) >= 11 is 0. The first-order valence-corrected chi connectivity index (χ1v) is 11.2. The Morgan fingerprint density at radius 1 is 0.515 bits per heavy atom. The molecule has 2 heteroatoms. The normalized spacial score (nSPS) is 11.6. The van der Waals surface area contributed by atoms with E-state index in [0.29, 0.717) is 0 Å². The zero-order valence-corrected chi connectivity index (χ0v) is 17.9. The van der Waals surface area contributed by atoms with Gasteiger partial charge in [-0.1, -0.05) is 84.9 Å². The lowest BCUT2D eigenvalue weighted by molar-refractivity contribution is 1.18. The van der Waals surface area contributed by atoms with E-state index < -0.39 is 0 Å². The molecule has 0 radical (unpaired) electrons. The Labute approximate surface area is 191 Å². The average molecular weight is 421 g/mol. The Hall–Kier alpha value is -4.43. The minimum Gasteiger partial charge on any atom is -0.309 e. The molecule has 2 heterocycles. The highest BCUT2D eigenvalue weighted by atomic mass is 15.0. The van der Waals surface area contributed by atoms with Crippen LogP contribution in [0.3, 0.4) is 0 Å². The molecule has 2 nitrogen and oxygen atoms in total. The molecule has 7 rings (SSSR count). The van der Waals surface area contributed by atoms with Crippen molar-refractivity contribution in [3.8, 4) is 16.9 Å². The fourth-order valence-corrected chi connectivity index (χ4v) is 5.16. The summed E-state index contributed by atoms with van der Waals surface area (Å²) in [6, 6.07) is 41.1. The molecule has 0 saturated carbocycles. The number of hydrogen-bond donors (Lipinski definition) is 0. The minimum atomic E-state index is 1.01. The van der Waals surface area contributed by atoms with Crippen molar-refractivity contribution in [3.05, 3.63) is 121 Å². The van der Waals surface area contributed by atoms with Gasteiger partial charge in [0, 0.05) is 33.6 Å². The standard InChI is InChI=1S/C31H20N2/c1-3-12-25-21(8-1)16-17-29-30(25)27-14-5-6-15-28(27)33(29)24-11-7-10-23(20-24)31-26-13-4-2-9-22(26)18-19-32-31/h1-20H. The van der Waals surface area contributed by atoms with Gasteiger partial charge < -0.3 is 4.57 Å². The predicted octanol–water partition coefficient (Wildman–Crippen LogP) is 8.15. The van der Waals surface area contributed by atoms with Crippen LogP contribution in [0.4, 0.5) is 0 Å². The number of benzene rings is 5. The van der Waals surface area contributed by atoms with Crippen molar-refractivity contribution >= 4 is 43.4 Å². The van der Waals surface area contributed by atoms with E-state index in [1.165, 1.54) is 43.4 Å². The number of hydrogen-bond acceptors (Lipinski definition) is 1. The molecule has 2 aromatic heterocycles. The topological polar surface area (TPSA) is 17.8 Å². The summed E-state index contributed by atoms with van der Waals surface area (Å²) in [7, 11) is 0. The van der Waals surface area contributed by atoms with Crippen molar-refractivity contribution < 1.29 is 0 Å². The number of fused-ring (bicyclic) bond motifs is 6. The zero-order valence-electron chi connectivity index (χ0n) is 17.9. The van der Waals surface area contributed by atoms with Gasteiger partial charge in [-0.3, -0.25) is 4.98 Å². The summed E-state index contributed by atoms with van der Waals surface area (Å²) in [5.74, 6) is 0. The number of para-hydroxylation sites is 1. The third kappa shape index (κ3) is 2.71. The maximum atomic E-state index is 4.76. The monoisotopic (exact) mass is 420 g/mol. The molecule has 0 bridgehead atoms. The lowest BCUT2D eigenvalue weighted by Gasteiger charge is -2.11. The largest absolute Gasteiger partial charge is 0.309 e. The van der Waals surface area contributed by atoms with Crippen LogP contribution < -0.4 is 0 Å². The molecule has 0 atom stereocenters. The second-order valence-electron chi connectivity index (χ2n) is 8.46. The smallest absolute Gasteiger partial charge is 0.0781 e. The van der Waals surface area contributed by atoms with Crippen LogP contribution in [-0.2, 0) is 0 Å². The van der Waals surface area contributed by atoms with Crippen LogP contribution in [0.15, 0.2) is 121 Å². The number of pyridine rings is 1. The third-order valence-electron chi connectivity index (χ3n) is 6.61. The predicted molar refractivity (Wildman–Crippen MR) is 139 cm³/mol. The van der Waals surface area contributed by atoms with Crippen LogP contribution in [0.2, 0.25) is 0 Å². The first kappa shape index (κ1) is 18.2. The fraction of sp³-hybridized carbons (Fsp3) is 0. The van der Waals surface area contributed by atoms with Crippen molar-refractivity contribution in [2.24, 2.45) is 0 Å². The number of rotatable bonds is 2. The summed E-state index contributed by atoms with van der Waals surface area (Å²) < 4.78 is 2.38. The van der Waals surface area contributed by atoms with Crippen molar-refractivity contribution in [1.29, 1.82) is 0 Å². The van der Waals surface area contributed by atoms with Gasteiger partial charge in [0.15, 0.2) is 0 Å². The van der Waals surface area contributed by atoms with Gasteiger partial charge in [0.1, 0.15) is 0 Å². The van der Waals surface area contributed by atoms with E-state index in [1.54, 1.807) is 0 Å². The summed E-state index contributed by atoms with van der Waals surface area (Å²) in [4.78, 5) is 4.76. The third-order valence-corrected chi connectivity index (χ3v) is 6.61. The molecule has 5 aromatic carbocycles. The SMILES string of the molecule is c1cc(-c2nccc3ccccc23)cc(-n2c3ccccc3c3c4ccccc4ccc32)c1.